The molecule has 0 spiro atoms. The van der Waals surface area contributed by atoms with Gasteiger partial charge < -0.3 is 4.90 Å². The second kappa shape index (κ2) is 7.25. The van der Waals surface area contributed by atoms with Crippen LogP contribution in [0.1, 0.15) is 24.2 Å². The summed E-state index contributed by atoms with van der Waals surface area (Å²) in [5, 5.41) is 13.1. The normalized spacial score (nSPS) is 16.6. The van der Waals surface area contributed by atoms with Crippen molar-refractivity contribution < 1.29 is 0 Å². The van der Waals surface area contributed by atoms with Crippen molar-refractivity contribution in [3.05, 3.63) is 66.0 Å². The predicted octanol–water partition coefficient (Wildman–Crippen LogP) is 2.85. The second-order valence-corrected chi connectivity index (χ2v) is 6.76. The lowest BCUT2D eigenvalue weighted by molar-refractivity contribution is 0.198. The monoisotopic (exact) mass is 348 g/mol. The lowest BCUT2D eigenvalue weighted by Crippen LogP contribution is -2.47. The first-order valence-corrected chi connectivity index (χ1v) is 9.11. The summed E-state index contributed by atoms with van der Waals surface area (Å²) >= 11 is 0. The van der Waals surface area contributed by atoms with Crippen molar-refractivity contribution in [3.8, 4) is 5.82 Å². The van der Waals surface area contributed by atoms with Crippen LogP contribution in [0.2, 0.25) is 0 Å². The molecule has 1 aromatic carbocycles. The van der Waals surface area contributed by atoms with Gasteiger partial charge in [-0.15, -0.1) is 10.2 Å². The molecular weight excluding hydrogens is 324 g/mol. The molecule has 0 N–H and O–H groups in total. The van der Waals surface area contributed by atoms with Crippen molar-refractivity contribution in [2.75, 3.05) is 31.1 Å². The first-order valence-electron chi connectivity index (χ1n) is 9.11. The van der Waals surface area contributed by atoms with Crippen molar-refractivity contribution in [1.82, 2.24) is 24.9 Å². The molecule has 134 valence electrons. The van der Waals surface area contributed by atoms with Crippen molar-refractivity contribution in [2.45, 2.75) is 19.9 Å². The summed E-state index contributed by atoms with van der Waals surface area (Å²) in [6.45, 7) is 8.23. The molecule has 1 fully saturated rings. The van der Waals surface area contributed by atoms with Crippen LogP contribution in [0, 0.1) is 6.92 Å². The molecule has 1 aliphatic rings. The maximum Gasteiger partial charge on any atom is 0.175 e. The Morgan fingerprint density at radius 1 is 0.846 bits per heavy atom. The van der Waals surface area contributed by atoms with Crippen molar-refractivity contribution in [2.24, 2.45) is 0 Å². The Hall–Kier alpha value is -2.73. The van der Waals surface area contributed by atoms with Gasteiger partial charge in [-0.3, -0.25) is 4.90 Å². The van der Waals surface area contributed by atoms with E-state index < -0.39 is 0 Å². The molecule has 1 unspecified atom stereocenters. The number of aryl methyl sites for hydroxylation is 1. The van der Waals surface area contributed by atoms with Crippen LogP contribution in [0.25, 0.3) is 5.82 Å². The molecule has 6 heteroatoms. The molecule has 0 amide bonds. The number of nitrogens with zero attached hydrogens (tertiary/aromatic N) is 6. The number of hydrogen-bond acceptors (Lipinski definition) is 5. The standard InChI is InChI=1S/C20H24N6/c1-16-10-11-26(23-16)20-9-8-19(21-22-20)25-14-12-24(13-15-25)17(2)18-6-4-3-5-7-18/h3-11,17H,12-15H2,1-2H3. The summed E-state index contributed by atoms with van der Waals surface area (Å²) in [7, 11) is 0. The van der Waals surface area contributed by atoms with E-state index in [-0.39, 0.29) is 0 Å². The number of aromatic nitrogens is 4. The molecule has 1 atom stereocenters. The summed E-state index contributed by atoms with van der Waals surface area (Å²) in [5.41, 5.74) is 2.35. The number of hydrogen-bond donors (Lipinski definition) is 0. The fourth-order valence-corrected chi connectivity index (χ4v) is 3.43. The third kappa shape index (κ3) is 3.46. The molecule has 0 aliphatic carbocycles. The van der Waals surface area contributed by atoms with E-state index in [0.717, 1.165) is 43.5 Å². The van der Waals surface area contributed by atoms with E-state index in [0.29, 0.717) is 6.04 Å². The molecule has 0 saturated carbocycles. The van der Waals surface area contributed by atoms with Crippen LogP contribution in [0.4, 0.5) is 5.82 Å². The van der Waals surface area contributed by atoms with Crippen molar-refractivity contribution >= 4 is 5.82 Å². The van der Waals surface area contributed by atoms with Crippen LogP contribution < -0.4 is 4.90 Å². The molecule has 3 heterocycles. The lowest BCUT2D eigenvalue weighted by Gasteiger charge is -2.38. The zero-order valence-electron chi connectivity index (χ0n) is 15.3. The summed E-state index contributed by atoms with van der Waals surface area (Å²) in [5.74, 6) is 1.68. The highest BCUT2D eigenvalue weighted by Crippen LogP contribution is 2.22. The van der Waals surface area contributed by atoms with Gasteiger partial charge in [-0.2, -0.15) is 5.10 Å². The van der Waals surface area contributed by atoms with Crippen LogP contribution in [-0.2, 0) is 0 Å². The number of benzene rings is 1. The van der Waals surface area contributed by atoms with E-state index in [4.69, 9.17) is 0 Å². The van der Waals surface area contributed by atoms with Crippen LogP contribution in [0.3, 0.4) is 0 Å². The molecule has 3 aromatic rings. The van der Waals surface area contributed by atoms with Gasteiger partial charge in [-0.25, -0.2) is 4.68 Å². The quantitative estimate of drug-likeness (QED) is 0.726. The third-order valence-electron chi connectivity index (χ3n) is 5.06. The molecule has 26 heavy (non-hydrogen) atoms. The lowest BCUT2D eigenvalue weighted by atomic mass is 10.1. The topological polar surface area (TPSA) is 50.1 Å². The van der Waals surface area contributed by atoms with Crippen molar-refractivity contribution in [1.29, 1.82) is 0 Å². The Morgan fingerprint density at radius 3 is 2.15 bits per heavy atom. The minimum atomic E-state index is 0.440. The maximum absolute atomic E-state index is 4.41. The SMILES string of the molecule is Cc1ccn(-c2ccc(N3CCN(C(C)c4ccccc4)CC3)nn2)n1. The van der Waals surface area contributed by atoms with Gasteiger partial charge in [0.1, 0.15) is 0 Å². The molecule has 4 rings (SSSR count). The van der Waals surface area contributed by atoms with E-state index >= 15 is 0 Å². The molecular formula is C20H24N6. The van der Waals surface area contributed by atoms with Crippen LogP contribution in [-0.4, -0.2) is 51.1 Å². The third-order valence-corrected chi connectivity index (χ3v) is 5.06. The van der Waals surface area contributed by atoms with E-state index in [1.165, 1.54) is 5.56 Å². The zero-order chi connectivity index (χ0) is 17.9. The zero-order valence-corrected chi connectivity index (χ0v) is 15.3. The Balaban J connectivity index is 1.39. The van der Waals surface area contributed by atoms with E-state index in [1.807, 2.05) is 31.3 Å². The average Bonchev–Trinajstić information content (AvgIpc) is 3.15. The van der Waals surface area contributed by atoms with Gasteiger partial charge >= 0.3 is 0 Å². The highest BCUT2D eigenvalue weighted by atomic mass is 15.4. The van der Waals surface area contributed by atoms with Gasteiger partial charge in [0.2, 0.25) is 0 Å². The largest absolute Gasteiger partial charge is 0.353 e. The van der Waals surface area contributed by atoms with Gasteiger partial charge in [0.25, 0.3) is 0 Å². The summed E-state index contributed by atoms with van der Waals surface area (Å²) in [6.07, 6.45) is 1.91. The van der Waals surface area contributed by atoms with Crippen LogP contribution in [0.15, 0.2) is 54.7 Å². The molecule has 0 bridgehead atoms. The average molecular weight is 348 g/mol. The van der Waals surface area contributed by atoms with Crippen LogP contribution in [0.5, 0.6) is 0 Å². The van der Waals surface area contributed by atoms with Crippen LogP contribution >= 0.6 is 0 Å². The Morgan fingerprint density at radius 2 is 1.54 bits per heavy atom. The summed E-state index contributed by atoms with van der Waals surface area (Å²) in [4.78, 5) is 4.83. The van der Waals surface area contributed by atoms with Crippen molar-refractivity contribution in [3.63, 3.8) is 0 Å². The van der Waals surface area contributed by atoms with Gasteiger partial charge in [0.15, 0.2) is 11.6 Å². The Bertz CT molecular complexity index is 834. The minimum absolute atomic E-state index is 0.440. The molecule has 1 saturated heterocycles. The highest BCUT2D eigenvalue weighted by Gasteiger charge is 2.22. The van der Waals surface area contributed by atoms with E-state index in [1.54, 1.807) is 4.68 Å². The van der Waals surface area contributed by atoms with Gasteiger partial charge in [-0.1, -0.05) is 30.3 Å². The highest BCUT2D eigenvalue weighted by molar-refractivity contribution is 5.40. The molecule has 1 aliphatic heterocycles. The summed E-state index contributed by atoms with van der Waals surface area (Å²) < 4.78 is 1.76. The number of piperazine rings is 1. The first kappa shape index (κ1) is 16.7. The molecule has 6 nitrogen and oxygen atoms in total. The fraction of sp³-hybridized carbons (Fsp3) is 0.350. The first-order chi connectivity index (χ1) is 12.7. The predicted molar refractivity (Wildman–Crippen MR) is 103 cm³/mol. The van der Waals surface area contributed by atoms with Gasteiger partial charge in [0, 0.05) is 38.4 Å². The Kier molecular flexibility index (Phi) is 4.67. The number of anilines is 1. The minimum Gasteiger partial charge on any atom is -0.353 e. The molecule has 2 aromatic heterocycles. The Labute approximate surface area is 154 Å². The number of rotatable bonds is 4. The molecule has 0 radical (unpaired) electrons. The summed E-state index contributed by atoms with van der Waals surface area (Å²) in [6, 6.07) is 17.1. The fourth-order valence-electron chi connectivity index (χ4n) is 3.43. The van der Waals surface area contributed by atoms with E-state index in [2.05, 4.69) is 62.4 Å². The van der Waals surface area contributed by atoms with E-state index in [9.17, 15) is 0 Å². The second-order valence-electron chi connectivity index (χ2n) is 6.76. The maximum atomic E-state index is 4.41. The van der Waals surface area contributed by atoms with Gasteiger partial charge in [0.05, 0.1) is 5.69 Å². The van der Waals surface area contributed by atoms with Gasteiger partial charge in [-0.05, 0) is 37.6 Å². The smallest absolute Gasteiger partial charge is 0.175 e.